The topological polar surface area (TPSA) is 186 Å². The molecule has 5 unspecified atom stereocenters. The van der Waals surface area contributed by atoms with Crippen LogP contribution in [0.1, 0.15) is 32.4 Å². The van der Waals surface area contributed by atoms with E-state index in [-0.39, 0.29) is 18.4 Å². The molecule has 0 aliphatic carbocycles. The number of aliphatic hydroxyl groups is 1. The van der Waals surface area contributed by atoms with Crippen LogP contribution in [0.5, 0.6) is 0 Å². The Balaban J connectivity index is 2.01. The number of imidazole rings is 1. The summed E-state index contributed by atoms with van der Waals surface area (Å²) in [7, 11) is 0. The Morgan fingerprint density at radius 1 is 1.20 bits per heavy atom. The van der Waals surface area contributed by atoms with Gasteiger partial charge in [0, 0.05) is 18.3 Å². The quantitative estimate of drug-likeness (QED) is 0.217. The molecule has 0 saturated carbocycles. The molecule has 0 radical (unpaired) electrons. The number of aromatic nitrogens is 2. The second kappa shape index (κ2) is 10.7. The number of aliphatic carboxylic acids is 1. The molecule has 5 atom stereocenters. The van der Waals surface area contributed by atoms with Crippen molar-refractivity contribution < 1.29 is 29.4 Å². The number of carbonyl (C=O) groups is 4. The Morgan fingerprint density at radius 3 is 2.47 bits per heavy atom. The van der Waals surface area contributed by atoms with Crippen molar-refractivity contribution in [3.63, 3.8) is 0 Å². The average molecular weight is 424 g/mol. The van der Waals surface area contributed by atoms with Crippen LogP contribution in [0.4, 0.5) is 0 Å². The van der Waals surface area contributed by atoms with Crippen LogP contribution < -0.4 is 21.3 Å². The summed E-state index contributed by atoms with van der Waals surface area (Å²) in [5, 5.41) is 28.9. The molecule has 1 aromatic rings. The van der Waals surface area contributed by atoms with E-state index in [2.05, 4.69) is 31.2 Å². The number of nitrogens with one attached hydrogen (secondary N) is 5. The van der Waals surface area contributed by atoms with E-state index >= 15 is 0 Å². The van der Waals surface area contributed by atoms with Gasteiger partial charge < -0.3 is 36.5 Å². The highest BCUT2D eigenvalue weighted by atomic mass is 16.4. The second-order valence-electron chi connectivity index (χ2n) is 7.29. The number of hydrogen-bond acceptors (Lipinski definition) is 7. The van der Waals surface area contributed by atoms with E-state index < -0.39 is 42.0 Å². The smallest absolute Gasteiger partial charge is 0.328 e. The Hall–Kier alpha value is -2.99. The van der Waals surface area contributed by atoms with Crippen LogP contribution in [0, 0.1) is 0 Å². The predicted molar refractivity (Wildman–Crippen MR) is 104 cm³/mol. The highest BCUT2D eigenvalue weighted by molar-refractivity contribution is 5.94. The summed E-state index contributed by atoms with van der Waals surface area (Å²) >= 11 is 0. The lowest BCUT2D eigenvalue weighted by molar-refractivity contribution is -0.145. The molecule has 0 spiro atoms. The maximum atomic E-state index is 12.8. The van der Waals surface area contributed by atoms with Gasteiger partial charge in [-0.3, -0.25) is 14.4 Å². The molecular weight excluding hydrogens is 396 g/mol. The summed E-state index contributed by atoms with van der Waals surface area (Å²) < 4.78 is 0. The Bertz CT molecular complexity index is 746. The predicted octanol–water partition coefficient (Wildman–Crippen LogP) is -2.36. The first-order valence-electron chi connectivity index (χ1n) is 9.71. The zero-order valence-corrected chi connectivity index (χ0v) is 16.8. The summed E-state index contributed by atoms with van der Waals surface area (Å²) in [5.41, 5.74) is 0.618. The van der Waals surface area contributed by atoms with Gasteiger partial charge in [-0.05, 0) is 33.2 Å². The van der Waals surface area contributed by atoms with Crippen molar-refractivity contribution >= 4 is 23.7 Å². The first-order valence-corrected chi connectivity index (χ1v) is 9.71. The van der Waals surface area contributed by atoms with E-state index in [0.717, 1.165) is 13.0 Å². The van der Waals surface area contributed by atoms with Crippen molar-refractivity contribution in [3.8, 4) is 0 Å². The van der Waals surface area contributed by atoms with E-state index in [1.54, 1.807) is 0 Å². The number of carboxylic acids is 1. The number of rotatable bonds is 10. The molecule has 0 bridgehead atoms. The van der Waals surface area contributed by atoms with Gasteiger partial charge in [0.2, 0.25) is 17.7 Å². The van der Waals surface area contributed by atoms with Gasteiger partial charge in [0.25, 0.3) is 0 Å². The molecule has 2 heterocycles. The lowest BCUT2D eigenvalue weighted by atomic mass is 10.1. The van der Waals surface area contributed by atoms with Gasteiger partial charge in [0.1, 0.15) is 12.1 Å². The van der Waals surface area contributed by atoms with Crippen LogP contribution in [-0.4, -0.2) is 80.7 Å². The molecule has 30 heavy (non-hydrogen) atoms. The van der Waals surface area contributed by atoms with E-state index in [4.69, 9.17) is 5.11 Å². The molecular formula is C18H28N6O6. The lowest BCUT2D eigenvalue weighted by Crippen LogP contribution is -2.57. The fourth-order valence-electron chi connectivity index (χ4n) is 3.05. The molecule has 12 nitrogen and oxygen atoms in total. The minimum atomic E-state index is -1.51. The summed E-state index contributed by atoms with van der Waals surface area (Å²) in [6, 6.07) is -3.96. The fourth-order valence-corrected chi connectivity index (χ4v) is 3.05. The van der Waals surface area contributed by atoms with Gasteiger partial charge in [0.05, 0.1) is 18.5 Å². The normalized spacial score (nSPS) is 19.9. The van der Waals surface area contributed by atoms with E-state index in [1.807, 2.05) is 0 Å². The third kappa shape index (κ3) is 6.52. The van der Waals surface area contributed by atoms with Gasteiger partial charge in [-0.2, -0.15) is 0 Å². The Kier molecular flexibility index (Phi) is 8.30. The summed E-state index contributed by atoms with van der Waals surface area (Å²) in [4.78, 5) is 55.4. The number of nitrogens with zero attached hydrogens (tertiary/aromatic N) is 1. The van der Waals surface area contributed by atoms with Crippen molar-refractivity contribution in [3.05, 3.63) is 18.2 Å². The number of hydrogen-bond donors (Lipinski definition) is 7. The van der Waals surface area contributed by atoms with Crippen molar-refractivity contribution in [2.24, 2.45) is 0 Å². The zero-order chi connectivity index (χ0) is 22.3. The second-order valence-corrected chi connectivity index (χ2v) is 7.29. The number of H-pyrrole nitrogens is 1. The lowest BCUT2D eigenvalue weighted by Gasteiger charge is -2.24. The first kappa shape index (κ1) is 23.3. The zero-order valence-electron chi connectivity index (χ0n) is 16.8. The van der Waals surface area contributed by atoms with Gasteiger partial charge >= 0.3 is 5.97 Å². The summed E-state index contributed by atoms with van der Waals surface area (Å²) in [6.07, 6.45) is 3.31. The SMILES string of the molecule is CC(NC(=O)C(Cc1cnc[nH]1)NC(=O)C1CCCN1)C(=O)NC(C(=O)O)C(C)O. The van der Waals surface area contributed by atoms with Crippen LogP contribution >= 0.6 is 0 Å². The molecule has 1 fully saturated rings. The minimum absolute atomic E-state index is 0.129. The number of carbonyl (C=O) groups excluding carboxylic acids is 3. The average Bonchev–Trinajstić information content (AvgIpc) is 3.38. The summed E-state index contributed by atoms with van der Waals surface area (Å²) in [5.74, 6) is -3.10. The molecule has 1 saturated heterocycles. The van der Waals surface area contributed by atoms with E-state index in [0.29, 0.717) is 12.1 Å². The number of amides is 3. The molecule has 2 rings (SSSR count). The highest BCUT2D eigenvalue weighted by Crippen LogP contribution is 2.07. The largest absolute Gasteiger partial charge is 0.480 e. The third-order valence-corrected chi connectivity index (χ3v) is 4.79. The molecule has 12 heteroatoms. The Labute approximate surface area is 173 Å². The first-order chi connectivity index (χ1) is 14.2. The van der Waals surface area contributed by atoms with E-state index in [9.17, 15) is 24.3 Å². The molecule has 1 aliphatic rings. The molecule has 0 aromatic carbocycles. The molecule has 7 N–H and O–H groups in total. The third-order valence-electron chi connectivity index (χ3n) is 4.79. The van der Waals surface area contributed by atoms with Crippen LogP contribution in [-0.2, 0) is 25.6 Å². The maximum absolute atomic E-state index is 12.8. The van der Waals surface area contributed by atoms with Crippen LogP contribution in [0.3, 0.4) is 0 Å². The monoisotopic (exact) mass is 424 g/mol. The van der Waals surface area contributed by atoms with Crippen LogP contribution in [0.2, 0.25) is 0 Å². The van der Waals surface area contributed by atoms with Crippen molar-refractivity contribution in [2.75, 3.05) is 6.54 Å². The Morgan fingerprint density at radius 2 is 1.93 bits per heavy atom. The molecule has 3 amide bonds. The molecule has 166 valence electrons. The molecule has 1 aliphatic heterocycles. The van der Waals surface area contributed by atoms with Crippen molar-refractivity contribution in [2.45, 2.75) is 63.4 Å². The fraction of sp³-hybridized carbons (Fsp3) is 0.611. The number of aliphatic hydroxyl groups excluding tert-OH is 1. The van der Waals surface area contributed by atoms with Gasteiger partial charge in [0.15, 0.2) is 6.04 Å². The molecule has 1 aromatic heterocycles. The maximum Gasteiger partial charge on any atom is 0.328 e. The van der Waals surface area contributed by atoms with Crippen LogP contribution in [0.15, 0.2) is 12.5 Å². The number of aromatic amines is 1. The van der Waals surface area contributed by atoms with Gasteiger partial charge in [-0.25, -0.2) is 9.78 Å². The number of carboxylic acid groups (broad SMARTS) is 1. The summed E-state index contributed by atoms with van der Waals surface area (Å²) in [6.45, 7) is 3.33. The minimum Gasteiger partial charge on any atom is -0.480 e. The van der Waals surface area contributed by atoms with Gasteiger partial charge in [-0.15, -0.1) is 0 Å². The van der Waals surface area contributed by atoms with Crippen LogP contribution in [0.25, 0.3) is 0 Å². The van der Waals surface area contributed by atoms with Crippen molar-refractivity contribution in [1.82, 2.24) is 31.2 Å². The van der Waals surface area contributed by atoms with Crippen molar-refractivity contribution in [1.29, 1.82) is 0 Å². The standard InChI is InChI=1S/C18H28N6O6/c1-9(15(26)24-14(10(2)25)18(29)30)22-17(28)13(6-11-7-19-8-21-11)23-16(27)12-4-3-5-20-12/h7-10,12-14,20,25H,3-6H2,1-2H3,(H,19,21)(H,22,28)(H,23,27)(H,24,26)(H,29,30). The van der Waals surface area contributed by atoms with E-state index in [1.165, 1.54) is 26.4 Å². The van der Waals surface area contributed by atoms with Gasteiger partial charge in [-0.1, -0.05) is 0 Å². The highest BCUT2D eigenvalue weighted by Gasteiger charge is 2.31.